The van der Waals surface area contributed by atoms with Crippen molar-refractivity contribution in [2.24, 2.45) is 0 Å². The van der Waals surface area contributed by atoms with Crippen LogP contribution in [0.1, 0.15) is 39.2 Å². The minimum atomic E-state index is -1.25. The number of aliphatic hydroxyl groups is 1. The smallest absolute Gasteiger partial charge is 0.349 e. The van der Waals surface area contributed by atoms with E-state index in [1.54, 1.807) is 13.0 Å². The summed E-state index contributed by atoms with van der Waals surface area (Å²) in [5, 5.41) is 13.2. The molecule has 23 heavy (non-hydrogen) atoms. The lowest BCUT2D eigenvalue weighted by Gasteiger charge is -2.31. The van der Waals surface area contributed by atoms with Crippen LogP contribution in [0.15, 0.2) is 39.8 Å². The average Bonchev–Trinajstić information content (AvgIpc) is 2.75. The molecule has 3 rings (SSSR count). The largest absolute Gasteiger partial charge is 0.512 e. The van der Waals surface area contributed by atoms with E-state index in [0.29, 0.717) is 17.4 Å². The molecule has 2 N–H and O–H groups in total. The van der Waals surface area contributed by atoms with Gasteiger partial charge in [0.1, 0.15) is 17.1 Å². The van der Waals surface area contributed by atoms with E-state index in [4.69, 9.17) is 9.47 Å². The van der Waals surface area contributed by atoms with Gasteiger partial charge in [-0.1, -0.05) is 13.8 Å². The van der Waals surface area contributed by atoms with Crippen LogP contribution in [-0.2, 0) is 9.53 Å². The Bertz CT molecular complexity index is 762. The standard InChI is InChI=1S/C17H18BrNO4/c1-8(2)11-5-12(18)15-13(6-11)19-17(23-15)7-9(3)22-16(21)14(17)10(4)20/h5-8,19-20H,1-4H3/b14-10-. The number of nitrogens with one attached hydrogen (secondary N) is 1. The van der Waals surface area contributed by atoms with Gasteiger partial charge >= 0.3 is 5.97 Å². The van der Waals surface area contributed by atoms with Crippen LogP contribution in [0, 0.1) is 0 Å². The molecule has 6 heteroatoms. The van der Waals surface area contributed by atoms with Crippen molar-refractivity contribution >= 4 is 27.6 Å². The number of rotatable bonds is 1. The first-order valence-electron chi connectivity index (χ1n) is 7.36. The molecule has 0 saturated carbocycles. The number of aliphatic hydroxyl groups excluding tert-OH is 1. The molecule has 0 aromatic heterocycles. The highest BCUT2D eigenvalue weighted by molar-refractivity contribution is 9.10. The molecule has 1 unspecified atom stereocenters. The minimum absolute atomic E-state index is 0.0531. The molecule has 2 aliphatic heterocycles. The highest BCUT2D eigenvalue weighted by Crippen LogP contribution is 2.48. The number of carbonyl (C=O) groups is 1. The number of fused-ring (bicyclic) bond motifs is 1. The first-order valence-corrected chi connectivity index (χ1v) is 8.15. The molecule has 0 fully saturated rings. The number of hydrogen-bond donors (Lipinski definition) is 2. The monoisotopic (exact) mass is 379 g/mol. The van der Waals surface area contributed by atoms with E-state index in [1.165, 1.54) is 6.92 Å². The maximum absolute atomic E-state index is 12.2. The van der Waals surface area contributed by atoms with E-state index < -0.39 is 11.7 Å². The van der Waals surface area contributed by atoms with Crippen LogP contribution < -0.4 is 10.1 Å². The molecular formula is C17H18BrNO4. The Morgan fingerprint density at radius 2 is 2.09 bits per heavy atom. The van der Waals surface area contributed by atoms with Gasteiger partial charge in [0.2, 0.25) is 5.72 Å². The SMILES string of the molecule is CC1=CC2(Nc3cc(C(C)C)cc(Br)c3O2)/C(=C(/C)O)C(=O)O1. The number of halogens is 1. The third-order valence-corrected chi connectivity index (χ3v) is 4.50. The molecule has 5 nitrogen and oxygen atoms in total. The highest BCUT2D eigenvalue weighted by Gasteiger charge is 2.50. The van der Waals surface area contributed by atoms with E-state index in [-0.39, 0.29) is 11.3 Å². The zero-order valence-corrected chi connectivity index (χ0v) is 14.9. The summed E-state index contributed by atoms with van der Waals surface area (Å²) in [6.45, 7) is 7.32. The van der Waals surface area contributed by atoms with Crippen molar-refractivity contribution in [1.29, 1.82) is 0 Å². The molecular weight excluding hydrogens is 362 g/mol. The Morgan fingerprint density at radius 1 is 1.39 bits per heavy atom. The molecule has 1 atom stereocenters. The zero-order valence-electron chi connectivity index (χ0n) is 13.4. The van der Waals surface area contributed by atoms with Gasteiger partial charge in [-0.15, -0.1) is 0 Å². The van der Waals surface area contributed by atoms with Crippen LogP contribution in [0.2, 0.25) is 0 Å². The van der Waals surface area contributed by atoms with Gasteiger partial charge in [0.25, 0.3) is 0 Å². The quantitative estimate of drug-likeness (QED) is 0.430. The molecule has 2 heterocycles. The van der Waals surface area contributed by atoms with Gasteiger partial charge in [0.15, 0.2) is 5.75 Å². The van der Waals surface area contributed by atoms with E-state index in [1.807, 2.05) is 12.1 Å². The molecule has 0 saturated heterocycles. The number of cyclic esters (lactones) is 1. The normalized spacial score (nSPS) is 24.8. The molecule has 0 radical (unpaired) electrons. The fourth-order valence-corrected chi connectivity index (χ4v) is 3.42. The maximum Gasteiger partial charge on any atom is 0.349 e. The molecule has 1 spiro atoms. The number of hydrogen-bond acceptors (Lipinski definition) is 5. The van der Waals surface area contributed by atoms with E-state index >= 15 is 0 Å². The summed E-state index contributed by atoms with van der Waals surface area (Å²) in [5.74, 6) is 0.607. The second kappa shape index (κ2) is 5.30. The number of esters is 1. The van der Waals surface area contributed by atoms with Crippen LogP contribution in [0.25, 0.3) is 0 Å². The van der Waals surface area contributed by atoms with Gasteiger partial charge in [0, 0.05) is 6.08 Å². The van der Waals surface area contributed by atoms with Crippen molar-refractivity contribution in [1.82, 2.24) is 0 Å². The zero-order chi connectivity index (χ0) is 16.9. The molecule has 1 aromatic carbocycles. The number of benzene rings is 1. The van der Waals surface area contributed by atoms with Gasteiger partial charge in [-0.3, -0.25) is 0 Å². The first-order chi connectivity index (χ1) is 10.7. The summed E-state index contributed by atoms with van der Waals surface area (Å²) in [7, 11) is 0. The summed E-state index contributed by atoms with van der Waals surface area (Å²) in [5.41, 5.74) is 0.700. The van der Waals surface area contributed by atoms with Crippen molar-refractivity contribution in [3.8, 4) is 5.75 Å². The summed E-state index contributed by atoms with van der Waals surface area (Å²) in [6, 6.07) is 3.99. The number of ether oxygens (including phenoxy) is 2. The Kier molecular flexibility index (Phi) is 3.67. The fraction of sp³-hybridized carbons (Fsp3) is 0.353. The third kappa shape index (κ3) is 2.51. The molecule has 122 valence electrons. The number of allylic oxidation sites excluding steroid dienone is 2. The molecule has 0 aliphatic carbocycles. The lowest BCUT2D eigenvalue weighted by Crippen LogP contribution is -2.47. The van der Waals surface area contributed by atoms with Crippen LogP contribution in [-0.4, -0.2) is 16.8 Å². The van der Waals surface area contributed by atoms with Crippen LogP contribution in [0.4, 0.5) is 5.69 Å². The number of carbonyl (C=O) groups excluding carboxylic acids is 1. The maximum atomic E-state index is 12.2. The second-order valence-corrected chi connectivity index (χ2v) is 6.96. The van der Waals surface area contributed by atoms with E-state index in [9.17, 15) is 9.90 Å². The highest BCUT2D eigenvalue weighted by atomic mass is 79.9. The first kappa shape index (κ1) is 15.9. The van der Waals surface area contributed by atoms with Gasteiger partial charge in [-0.25, -0.2) is 4.79 Å². The van der Waals surface area contributed by atoms with Crippen molar-refractivity contribution in [3.05, 3.63) is 45.3 Å². The summed E-state index contributed by atoms with van der Waals surface area (Å²) >= 11 is 3.52. The van der Waals surface area contributed by atoms with Crippen molar-refractivity contribution in [2.45, 2.75) is 39.3 Å². The van der Waals surface area contributed by atoms with Crippen LogP contribution in [0.5, 0.6) is 5.75 Å². The Hall–Kier alpha value is -1.95. The topological polar surface area (TPSA) is 67.8 Å². The number of anilines is 1. The lowest BCUT2D eigenvalue weighted by atomic mass is 9.98. The van der Waals surface area contributed by atoms with Crippen molar-refractivity contribution < 1.29 is 19.4 Å². The predicted octanol–water partition coefficient (Wildman–Crippen LogP) is 4.37. The van der Waals surface area contributed by atoms with Gasteiger partial charge in [-0.05, 0) is 53.4 Å². The average molecular weight is 380 g/mol. The Morgan fingerprint density at radius 3 is 2.70 bits per heavy atom. The molecule has 2 aliphatic rings. The predicted molar refractivity (Wildman–Crippen MR) is 90.4 cm³/mol. The van der Waals surface area contributed by atoms with E-state index in [0.717, 1.165) is 15.7 Å². The van der Waals surface area contributed by atoms with Crippen molar-refractivity contribution in [3.63, 3.8) is 0 Å². The Labute approximate surface area is 143 Å². The minimum Gasteiger partial charge on any atom is -0.512 e. The lowest BCUT2D eigenvalue weighted by molar-refractivity contribution is -0.138. The van der Waals surface area contributed by atoms with Crippen LogP contribution in [0.3, 0.4) is 0 Å². The third-order valence-electron chi connectivity index (χ3n) is 3.91. The molecule has 1 aromatic rings. The summed E-state index contributed by atoms with van der Waals surface area (Å²) < 4.78 is 12.0. The summed E-state index contributed by atoms with van der Waals surface area (Å²) in [4.78, 5) is 12.2. The molecule has 0 bridgehead atoms. The second-order valence-electron chi connectivity index (χ2n) is 6.10. The van der Waals surface area contributed by atoms with E-state index in [2.05, 4.69) is 35.1 Å². The Balaban J connectivity index is 2.15. The van der Waals surface area contributed by atoms with Crippen molar-refractivity contribution in [2.75, 3.05) is 5.32 Å². The van der Waals surface area contributed by atoms with Crippen LogP contribution >= 0.6 is 15.9 Å². The van der Waals surface area contributed by atoms with Gasteiger partial charge < -0.3 is 19.9 Å². The molecule has 0 amide bonds. The fourth-order valence-electron chi connectivity index (χ4n) is 2.86. The summed E-state index contributed by atoms with van der Waals surface area (Å²) in [6.07, 6.45) is 1.66. The van der Waals surface area contributed by atoms with Gasteiger partial charge in [-0.2, -0.15) is 0 Å². The van der Waals surface area contributed by atoms with Gasteiger partial charge in [0.05, 0.1) is 10.2 Å².